The first kappa shape index (κ1) is 14.2. The number of carboxylic acids is 1. The molecule has 6 nitrogen and oxygen atoms in total. The fraction of sp³-hybridized carbons (Fsp3) is 0.583. The molecule has 6 heteroatoms. The highest BCUT2D eigenvalue weighted by molar-refractivity contribution is 5.82. The van der Waals surface area contributed by atoms with Crippen LogP contribution in [-0.4, -0.2) is 44.8 Å². The second-order valence-corrected chi connectivity index (χ2v) is 4.29. The lowest BCUT2D eigenvalue weighted by molar-refractivity contribution is -0.144. The van der Waals surface area contributed by atoms with E-state index in [2.05, 4.69) is 5.10 Å². The number of amides is 1. The Bertz CT molecular complexity index is 440. The summed E-state index contributed by atoms with van der Waals surface area (Å²) in [5.41, 5.74) is 1.64. The van der Waals surface area contributed by atoms with Crippen LogP contribution in [-0.2, 0) is 23.1 Å². The van der Waals surface area contributed by atoms with Crippen molar-refractivity contribution in [3.05, 3.63) is 17.5 Å². The molecule has 0 fully saturated rings. The Morgan fingerprint density at radius 3 is 2.61 bits per heavy atom. The van der Waals surface area contributed by atoms with Crippen molar-refractivity contribution in [2.75, 3.05) is 13.1 Å². The van der Waals surface area contributed by atoms with E-state index in [1.54, 1.807) is 11.7 Å². The van der Waals surface area contributed by atoms with E-state index in [1.165, 1.54) is 4.90 Å². The van der Waals surface area contributed by atoms with Crippen molar-refractivity contribution in [3.8, 4) is 0 Å². The first-order valence-corrected chi connectivity index (χ1v) is 5.93. The van der Waals surface area contributed by atoms with Crippen LogP contribution in [0.2, 0.25) is 0 Å². The van der Waals surface area contributed by atoms with Crippen LogP contribution in [0.1, 0.15) is 24.7 Å². The molecule has 0 aliphatic rings. The molecule has 0 atom stereocenters. The number of carbonyl (C=O) groups is 2. The van der Waals surface area contributed by atoms with E-state index in [9.17, 15) is 9.59 Å². The fourth-order valence-electron chi connectivity index (χ4n) is 1.82. The van der Waals surface area contributed by atoms with Crippen molar-refractivity contribution < 1.29 is 14.7 Å². The second kappa shape index (κ2) is 6.18. The van der Waals surface area contributed by atoms with Crippen molar-refractivity contribution in [1.29, 1.82) is 0 Å². The van der Waals surface area contributed by atoms with E-state index in [0.717, 1.165) is 17.8 Å². The number of aromatic nitrogens is 2. The Kier molecular flexibility index (Phi) is 4.88. The van der Waals surface area contributed by atoms with Gasteiger partial charge in [0.2, 0.25) is 5.91 Å². The van der Waals surface area contributed by atoms with E-state index in [4.69, 9.17) is 5.11 Å². The lowest BCUT2D eigenvalue weighted by Crippen LogP contribution is -2.37. The number of aliphatic carboxylic acids is 1. The van der Waals surface area contributed by atoms with Gasteiger partial charge in [-0.1, -0.05) is 6.92 Å². The number of carbonyl (C=O) groups excluding carboxylic acids is 1. The van der Waals surface area contributed by atoms with E-state index >= 15 is 0 Å². The molecule has 1 aromatic rings. The van der Waals surface area contributed by atoms with E-state index in [0.29, 0.717) is 6.54 Å². The topological polar surface area (TPSA) is 75.4 Å². The summed E-state index contributed by atoms with van der Waals surface area (Å²) in [7, 11) is 1.77. The molecule has 0 saturated carbocycles. The monoisotopic (exact) mass is 253 g/mol. The zero-order chi connectivity index (χ0) is 13.7. The van der Waals surface area contributed by atoms with Crippen LogP contribution in [0.3, 0.4) is 0 Å². The predicted octanol–water partition coefficient (Wildman–Crippen LogP) is 0.594. The smallest absolute Gasteiger partial charge is 0.323 e. The van der Waals surface area contributed by atoms with Gasteiger partial charge in [0.15, 0.2) is 0 Å². The van der Waals surface area contributed by atoms with Gasteiger partial charge in [-0.3, -0.25) is 14.3 Å². The van der Waals surface area contributed by atoms with Crippen LogP contribution in [0.4, 0.5) is 0 Å². The molecule has 0 aliphatic carbocycles. The molecule has 1 N–H and O–H groups in total. The van der Waals surface area contributed by atoms with Crippen LogP contribution < -0.4 is 0 Å². The highest BCUT2D eigenvalue weighted by Crippen LogP contribution is 2.05. The van der Waals surface area contributed by atoms with Crippen molar-refractivity contribution >= 4 is 11.9 Å². The molecule has 1 aromatic heterocycles. The first-order valence-electron chi connectivity index (χ1n) is 5.93. The molecule has 0 bridgehead atoms. The third kappa shape index (κ3) is 3.87. The number of hydrogen-bond acceptors (Lipinski definition) is 3. The summed E-state index contributed by atoms with van der Waals surface area (Å²) in [5, 5.41) is 12.9. The van der Waals surface area contributed by atoms with Crippen molar-refractivity contribution in [3.63, 3.8) is 0 Å². The van der Waals surface area contributed by atoms with Gasteiger partial charge < -0.3 is 10.0 Å². The maximum Gasteiger partial charge on any atom is 0.323 e. The third-order valence-electron chi connectivity index (χ3n) is 2.60. The standard InChI is InChI=1S/C12H19N3O3/c1-4-5-15(8-12(17)18)11(16)7-10-6-9(2)13-14(10)3/h6H,4-5,7-8H2,1-3H3,(H,17,18). The molecule has 1 rings (SSSR count). The van der Waals surface area contributed by atoms with Crippen LogP contribution in [0.5, 0.6) is 0 Å². The van der Waals surface area contributed by atoms with Crippen molar-refractivity contribution in [1.82, 2.24) is 14.7 Å². The van der Waals surface area contributed by atoms with Crippen LogP contribution in [0, 0.1) is 6.92 Å². The van der Waals surface area contributed by atoms with Crippen LogP contribution >= 0.6 is 0 Å². The molecular weight excluding hydrogens is 234 g/mol. The minimum absolute atomic E-state index is 0.178. The van der Waals surface area contributed by atoms with Gasteiger partial charge in [-0.05, 0) is 19.4 Å². The summed E-state index contributed by atoms with van der Waals surface area (Å²) >= 11 is 0. The average Bonchev–Trinajstić information content (AvgIpc) is 2.56. The lowest BCUT2D eigenvalue weighted by atomic mass is 10.2. The van der Waals surface area contributed by atoms with Gasteiger partial charge in [-0.25, -0.2) is 0 Å². The zero-order valence-electron chi connectivity index (χ0n) is 11.0. The highest BCUT2D eigenvalue weighted by Gasteiger charge is 2.17. The van der Waals surface area contributed by atoms with Gasteiger partial charge in [0.1, 0.15) is 6.54 Å². The number of nitrogens with zero attached hydrogens (tertiary/aromatic N) is 3. The minimum Gasteiger partial charge on any atom is -0.480 e. The Hall–Kier alpha value is -1.85. The first-order chi connectivity index (χ1) is 8.43. The molecule has 18 heavy (non-hydrogen) atoms. The molecule has 0 unspecified atom stereocenters. The summed E-state index contributed by atoms with van der Waals surface area (Å²) in [5.74, 6) is -1.17. The number of carboxylic acid groups (broad SMARTS) is 1. The predicted molar refractivity (Wildman–Crippen MR) is 66.2 cm³/mol. The quantitative estimate of drug-likeness (QED) is 0.805. The summed E-state index contributed by atoms with van der Waals surface area (Å²) in [4.78, 5) is 24.1. The fourth-order valence-corrected chi connectivity index (χ4v) is 1.82. The Labute approximate surface area is 106 Å². The summed E-state index contributed by atoms with van der Waals surface area (Å²) in [6, 6.07) is 1.84. The summed E-state index contributed by atoms with van der Waals surface area (Å²) in [6.45, 7) is 3.98. The average molecular weight is 253 g/mol. The van der Waals surface area contributed by atoms with Crippen molar-refractivity contribution in [2.45, 2.75) is 26.7 Å². The van der Waals surface area contributed by atoms with Gasteiger partial charge in [-0.2, -0.15) is 5.10 Å². The zero-order valence-corrected chi connectivity index (χ0v) is 11.0. The SMILES string of the molecule is CCCN(CC(=O)O)C(=O)Cc1cc(C)nn1C. The van der Waals surface area contributed by atoms with Gasteiger partial charge in [-0.15, -0.1) is 0 Å². The molecule has 1 heterocycles. The number of aryl methyl sites for hydroxylation is 2. The largest absolute Gasteiger partial charge is 0.480 e. The molecule has 0 spiro atoms. The Balaban J connectivity index is 2.71. The van der Waals surface area contributed by atoms with Crippen LogP contribution in [0.15, 0.2) is 6.07 Å². The summed E-state index contributed by atoms with van der Waals surface area (Å²) in [6.07, 6.45) is 0.925. The van der Waals surface area contributed by atoms with Crippen LogP contribution in [0.25, 0.3) is 0 Å². The normalized spacial score (nSPS) is 10.4. The lowest BCUT2D eigenvalue weighted by Gasteiger charge is -2.19. The molecule has 0 radical (unpaired) electrons. The van der Waals surface area contributed by atoms with Gasteiger partial charge in [0.25, 0.3) is 0 Å². The van der Waals surface area contributed by atoms with Gasteiger partial charge in [0, 0.05) is 19.3 Å². The van der Waals surface area contributed by atoms with E-state index in [1.807, 2.05) is 19.9 Å². The Morgan fingerprint density at radius 1 is 1.50 bits per heavy atom. The number of hydrogen-bond donors (Lipinski definition) is 1. The second-order valence-electron chi connectivity index (χ2n) is 4.29. The maximum absolute atomic E-state index is 12.0. The Morgan fingerprint density at radius 2 is 2.17 bits per heavy atom. The third-order valence-corrected chi connectivity index (χ3v) is 2.60. The van der Waals surface area contributed by atoms with Gasteiger partial charge in [0.05, 0.1) is 12.1 Å². The molecular formula is C12H19N3O3. The molecule has 0 saturated heterocycles. The summed E-state index contributed by atoms with van der Waals surface area (Å²) < 4.78 is 1.65. The molecule has 1 amide bonds. The highest BCUT2D eigenvalue weighted by atomic mass is 16.4. The molecule has 0 aliphatic heterocycles. The van der Waals surface area contributed by atoms with Crippen molar-refractivity contribution in [2.24, 2.45) is 7.05 Å². The number of rotatable bonds is 6. The van der Waals surface area contributed by atoms with E-state index < -0.39 is 5.97 Å². The minimum atomic E-state index is -0.988. The molecule has 0 aromatic carbocycles. The van der Waals surface area contributed by atoms with E-state index in [-0.39, 0.29) is 18.9 Å². The maximum atomic E-state index is 12.0. The van der Waals surface area contributed by atoms with Gasteiger partial charge >= 0.3 is 5.97 Å². The molecule has 100 valence electrons.